The summed E-state index contributed by atoms with van der Waals surface area (Å²) >= 11 is 0. The Morgan fingerprint density at radius 3 is 2.75 bits per heavy atom. The van der Waals surface area contributed by atoms with E-state index in [1.807, 2.05) is 13.8 Å². The summed E-state index contributed by atoms with van der Waals surface area (Å²) in [5.74, 6) is 0. The summed E-state index contributed by atoms with van der Waals surface area (Å²) in [5, 5.41) is 22.2. The second kappa shape index (κ2) is 3.30. The van der Waals surface area contributed by atoms with Crippen LogP contribution in [-0.2, 0) is 6.42 Å². The quantitative estimate of drug-likeness (QED) is 0.314. The fourth-order valence-corrected chi connectivity index (χ4v) is 1.82. The van der Waals surface area contributed by atoms with Crippen molar-refractivity contribution in [2.45, 2.75) is 25.8 Å². The number of hydrogen-bond acceptors (Lipinski definition) is 3. The lowest BCUT2D eigenvalue weighted by Gasteiger charge is -2.28. The molecular weight excluding hydrogens is 208 g/mol. The first-order valence-corrected chi connectivity index (χ1v) is 4.99. The highest BCUT2D eigenvalue weighted by atomic mass is 16.6. The molecule has 0 unspecified atom stereocenters. The minimum Gasteiger partial charge on any atom is -0.623 e. The van der Waals surface area contributed by atoms with E-state index in [1.54, 1.807) is 6.07 Å². The van der Waals surface area contributed by atoms with E-state index < -0.39 is 10.5 Å². The highest BCUT2D eigenvalue weighted by Crippen LogP contribution is 2.26. The van der Waals surface area contributed by atoms with Crippen molar-refractivity contribution in [3.05, 3.63) is 44.6 Å². The Morgan fingerprint density at radius 1 is 1.44 bits per heavy atom. The normalized spacial score (nSPS) is 17.5. The first kappa shape index (κ1) is 10.6. The van der Waals surface area contributed by atoms with Gasteiger partial charge in [-0.3, -0.25) is 10.1 Å². The van der Waals surface area contributed by atoms with E-state index in [0.29, 0.717) is 12.0 Å². The monoisotopic (exact) mass is 220 g/mol. The SMILES string of the molecule is CC1(C)Cc2ccc([N+](=O)[O-])cc2C=[N+]1[O-]. The first-order chi connectivity index (χ1) is 7.40. The van der Waals surface area contributed by atoms with Crippen LogP contribution in [0.5, 0.6) is 0 Å². The van der Waals surface area contributed by atoms with Crippen LogP contribution in [0, 0.1) is 15.3 Å². The van der Waals surface area contributed by atoms with Crippen LogP contribution in [0.25, 0.3) is 0 Å². The Bertz CT molecular complexity index is 492. The van der Waals surface area contributed by atoms with E-state index in [-0.39, 0.29) is 5.69 Å². The van der Waals surface area contributed by atoms with Crippen LogP contribution >= 0.6 is 0 Å². The Hall–Kier alpha value is -1.91. The summed E-state index contributed by atoms with van der Waals surface area (Å²) in [5.41, 5.74) is 1.15. The molecule has 1 heterocycles. The van der Waals surface area contributed by atoms with E-state index >= 15 is 0 Å². The van der Waals surface area contributed by atoms with Gasteiger partial charge in [0.05, 0.1) is 4.92 Å². The number of non-ortho nitro benzene ring substituents is 1. The molecule has 1 aliphatic heterocycles. The molecule has 0 saturated carbocycles. The zero-order chi connectivity index (χ0) is 11.9. The second-order valence-electron chi connectivity index (χ2n) is 4.58. The minimum absolute atomic E-state index is 0.0168. The number of nitrogens with zero attached hydrogens (tertiary/aromatic N) is 2. The van der Waals surface area contributed by atoms with Gasteiger partial charge in [0.1, 0.15) is 0 Å². The molecule has 1 aliphatic rings. The number of hydrogen-bond donors (Lipinski definition) is 0. The van der Waals surface area contributed by atoms with Crippen LogP contribution in [-0.4, -0.2) is 21.4 Å². The van der Waals surface area contributed by atoms with Crippen molar-refractivity contribution < 1.29 is 9.66 Å². The number of fused-ring (bicyclic) bond motifs is 1. The Balaban J connectivity index is 2.51. The molecule has 0 amide bonds. The van der Waals surface area contributed by atoms with Crippen molar-refractivity contribution >= 4 is 11.9 Å². The average Bonchev–Trinajstić information content (AvgIpc) is 2.18. The Morgan fingerprint density at radius 2 is 2.12 bits per heavy atom. The van der Waals surface area contributed by atoms with Crippen molar-refractivity contribution in [2.75, 3.05) is 0 Å². The molecule has 1 aromatic carbocycles. The molecule has 0 spiro atoms. The van der Waals surface area contributed by atoms with Crippen molar-refractivity contribution in [1.29, 1.82) is 0 Å². The second-order valence-corrected chi connectivity index (χ2v) is 4.58. The summed E-state index contributed by atoms with van der Waals surface area (Å²) < 4.78 is 0.860. The maximum Gasteiger partial charge on any atom is 0.270 e. The van der Waals surface area contributed by atoms with Gasteiger partial charge in [-0.05, 0) is 5.56 Å². The van der Waals surface area contributed by atoms with Crippen molar-refractivity contribution in [1.82, 2.24) is 0 Å². The number of nitro benzene ring substituents is 1. The van der Waals surface area contributed by atoms with Crippen molar-refractivity contribution in [2.24, 2.45) is 0 Å². The molecule has 5 heteroatoms. The lowest BCUT2D eigenvalue weighted by molar-refractivity contribution is -0.537. The molecule has 84 valence electrons. The van der Waals surface area contributed by atoms with E-state index in [1.165, 1.54) is 18.3 Å². The third-order valence-electron chi connectivity index (χ3n) is 2.82. The van der Waals surface area contributed by atoms with E-state index in [2.05, 4.69) is 0 Å². The molecule has 0 atom stereocenters. The summed E-state index contributed by atoms with van der Waals surface area (Å²) in [6.45, 7) is 3.70. The molecule has 1 aromatic rings. The molecule has 5 nitrogen and oxygen atoms in total. The standard InChI is InChI=1S/C11H12N2O3/c1-11(2)6-8-3-4-10(13(15)16)5-9(8)7-12(11)14/h3-5,7H,6H2,1-2H3. The summed E-state index contributed by atoms with van der Waals surface area (Å²) in [4.78, 5) is 10.1. The topological polar surface area (TPSA) is 69.2 Å². The zero-order valence-corrected chi connectivity index (χ0v) is 9.14. The molecule has 2 rings (SSSR count). The van der Waals surface area contributed by atoms with Gasteiger partial charge in [0.2, 0.25) is 0 Å². The van der Waals surface area contributed by atoms with Crippen molar-refractivity contribution in [3.63, 3.8) is 0 Å². The van der Waals surface area contributed by atoms with Gasteiger partial charge >= 0.3 is 0 Å². The summed E-state index contributed by atoms with van der Waals surface area (Å²) in [6, 6.07) is 4.64. The third-order valence-corrected chi connectivity index (χ3v) is 2.82. The fourth-order valence-electron chi connectivity index (χ4n) is 1.82. The van der Waals surface area contributed by atoms with E-state index in [4.69, 9.17) is 0 Å². The number of hydroxylamine groups is 1. The van der Waals surface area contributed by atoms with Gasteiger partial charge in [-0.25, -0.2) is 4.74 Å². The van der Waals surface area contributed by atoms with Crippen LogP contribution in [0.3, 0.4) is 0 Å². The van der Waals surface area contributed by atoms with E-state index in [0.717, 1.165) is 10.3 Å². The minimum atomic E-state index is -0.483. The van der Waals surface area contributed by atoms with Gasteiger partial charge in [-0.15, -0.1) is 0 Å². The van der Waals surface area contributed by atoms with E-state index in [9.17, 15) is 15.3 Å². The molecule has 0 N–H and O–H groups in total. The molecule has 0 fully saturated rings. The van der Waals surface area contributed by atoms with Crippen LogP contribution < -0.4 is 0 Å². The largest absolute Gasteiger partial charge is 0.623 e. The van der Waals surface area contributed by atoms with Gasteiger partial charge in [0.25, 0.3) is 5.69 Å². The summed E-state index contributed by atoms with van der Waals surface area (Å²) in [7, 11) is 0. The Labute approximate surface area is 92.8 Å². The van der Waals surface area contributed by atoms with Crippen LogP contribution in [0.1, 0.15) is 25.0 Å². The maximum absolute atomic E-state index is 11.7. The molecule has 0 radical (unpaired) electrons. The van der Waals surface area contributed by atoms with Gasteiger partial charge < -0.3 is 5.21 Å². The maximum atomic E-state index is 11.7. The highest BCUT2D eigenvalue weighted by Gasteiger charge is 2.32. The first-order valence-electron chi connectivity index (χ1n) is 4.99. The van der Waals surface area contributed by atoms with Gasteiger partial charge in [0.15, 0.2) is 11.8 Å². The van der Waals surface area contributed by atoms with Gasteiger partial charge in [0, 0.05) is 38.0 Å². The van der Waals surface area contributed by atoms with Gasteiger partial charge in [-0.2, -0.15) is 0 Å². The highest BCUT2D eigenvalue weighted by molar-refractivity contribution is 5.80. The van der Waals surface area contributed by atoms with Crippen LogP contribution in [0.15, 0.2) is 18.2 Å². The lowest BCUT2D eigenvalue weighted by Crippen LogP contribution is -2.39. The summed E-state index contributed by atoms with van der Waals surface area (Å²) in [6.07, 6.45) is 2.02. The zero-order valence-electron chi connectivity index (χ0n) is 9.14. The average molecular weight is 220 g/mol. The predicted molar refractivity (Wildman–Crippen MR) is 59.7 cm³/mol. The number of benzene rings is 1. The van der Waals surface area contributed by atoms with Gasteiger partial charge in [-0.1, -0.05) is 6.07 Å². The number of nitro groups is 1. The molecule has 0 bridgehead atoms. The smallest absolute Gasteiger partial charge is 0.270 e. The number of rotatable bonds is 1. The molecule has 0 aromatic heterocycles. The van der Waals surface area contributed by atoms with Crippen molar-refractivity contribution in [3.8, 4) is 0 Å². The molecule has 0 aliphatic carbocycles. The van der Waals surface area contributed by atoms with Crippen LogP contribution in [0.4, 0.5) is 5.69 Å². The fraction of sp³-hybridized carbons (Fsp3) is 0.364. The van der Waals surface area contributed by atoms with Crippen LogP contribution in [0.2, 0.25) is 0 Å². The molecule has 16 heavy (non-hydrogen) atoms. The predicted octanol–water partition coefficient (Wildman–Crippen LogP) is 1.86. The lowest BCUT2D eigenvalue weighted by atomic mass is 9.89. The Kier molecular flexibility index (Phi) is 2.18. The third kappa shape index (κ3) is 1.64. The molecule has 0 saturated heterocycles. The molecular formula is C11H12N2O3.